The molecule has 23 heavy (non-hydrogen) atoms. The van der Waals surface area contributed by atoms with Gasteiger partial charge in [0, 0.05) is 5.56 Å². The molecule has 0 radical (unpaired) electrons. The lowest BCUT2D eigenvalue weighted by atomic mass is 10.1. The summed E-state index contributed by atoms with van der Waals surface area (Å²) in [6, 6.07) is 30.3. The van der Waals surface area contributed by atoms with E-state index in [2.05, 4.69) is 52.7 Å². The minimum absolute atomic E-state index is 0.832. The Labute approximate surface area is 136 Å². The Morgan fingerprint density at radius 3 is 1.91 bits per heavy atom. The summed E-state index contributed by atoms with van der Waals surface area (Å²) in [6.45, 7) is 0. The van der Waals surface area contributed by atoms with Crippen molar-refractivity contribution in [2.24, 2.45) is 10.2 Å². The molecule has 0 aliphatic heterocycles. The van der Waals surface area contributed by atoms with Crippen molar-refractivity contribution in [2.75, 3.05) is 0 Å². The van der Waals surface area contributed by atoms with Crippen molar-refractivity contribution in [3.05, 3.63) is 108 Å². The molecular formula is C21H18N2. The molecule has 3 rings (SSSR count). The predicted octanol–water partition coefficient (Wildman–Crippen LogP) is 6.05. The van der Waals surface area contributed by atoms with Gasteiger partial charge in [-0.15, -0.1) is 0 Å². The second kappa shape index (κ2) is 7.85. The number of hydrogen-bond donors (Lipinski definition) is 0. The first-order valence-electron chi connectivity index (χ1n) is 7.68. The third-order valence-electron chi connectivity index (χ3n) is 3.47. The monoisotopic (exact) mass is 298 g/mol. The van der Waals surface area contributed by atoms with E-state index in [1.54, 1.807) is 0 Å². The average molecular weight is 298 g/mol. The van der Waals surface area contributed by atoms with Crippen LogP contribution in [0.1, 0.15) is 11.1 Å². The van der Waals surface area contributed by atoms with Gasteiger partial charge in [-0.2, -0.15) is 10.2 Å². The molecule has 112 valence electrons. The minimum Gasteiger partial charge on any atom is -0.151 e. The van der Waals surface area contributed by atoms with E-state index in [1.807, 2.05) is 54.6 Å². The molecule has 0 aliphatic carbocycles. The number of benzene rings is 3. The van der Waals surface area contributed by atoms with Crippen LogP contribution in [0.3, 0.4) is 0 Å². The lowest BCUT2D eigenvalue weighted by Gasteiger charge is -2.02. The number of nitrogens with zero attached hydrogens (tertiary/aromatic N) is 2. The maximum atomic E-state index is 4.47. The van der Waals surface area contributed by atoms with E-state index < -0.39 is 0 Å². The third kappa shape index (κ3) is 4.48. The molecule has 3 aromatic rings. The maximum Gasteiger partial charge on any atom is 0.0892 e. The topological polar surface area (TPSA) is 24.7 Å². The quantitative estimate of drug-likeness (QED) is 0.512. The van der Waals surface area contributed by atoms with Crippen molar-refractivity contribution >= 4 is 11.4 Å². The van der Waals surface area contributed by atoms with Crippen molar-refractivity contribution in [1.29, 1.82) is 0 Å². The van der Waals surface area contributed by atoms with Crippen molar-refractivity contribution in [1.82, 2.24) is 0 Å². The molecule has 3 aromatic carbocycles. The Hall–Kier alpha value is -3.00. The highest BCUT2D eigenvalue weighted by Crippen LogP contribution is 2.20. The molecule has 0 fully saturated rings. The van der Waals surface area contributed by atoms with Crippen LogP contribution in [0.15, 0.2) is 107 Å². The largest absolute Gasteiger partial charge is 0.151 e. The Balaban J connectivity index is 1.86. The van der Waals surface area contributed by atoms with Gasteiger partial charge in [-0.25, -0.2) is 0 Å². The van der Waals surface area contributed by atoms with Gasteiger partial charge in [0.2, 0.25) is 0 Å². The smallest absolute Gasteiger partial charge is 0.0892 e. The molecule has 0 aromatic heterocycles. The van der Waals surface area contributed by atoms with E-state index in [0.29, 0.717) is 0 Å². The van der Waals surface area contributed by atoms with E-state index in [-0.39, 0.29) is 0 Å². The highest BCUT2D eigenvalue weighted by Gasteiger charge is 2.00. The Morgan fingerprint density at radius 2 is 1.26 bits per heavy atom. The third-order valence-corrected chi connectivity index (χ3v) is 3.47. The zero-order valence-corrected chi connectivity index (χ0v) is 12.8. The first kappa shape index (κ1) is 14.9. The van der Waals surface area contributed by atoms with Gasteiger partial charge in [0.15, 0.2) is 0 Å². The Bertz CT molecular complexity index is 776. The molecule has 0 aliphatic rings. The second-order valence-electron chi connectivity index (χ2n) is 5.18. The summed E-state index contributed by atoms with van der Waals surface area (Å²) in [4.78, 5) is 0. The van der Waals surface area contributed by atoms with Crippen LogP contribution in [-0.4, -0.2) is 0 Å². The SMILES string of the molecule is C(Cc1ccccc1)=C(N=Nc1ccccc1)c1ccccc1. The molecule has 0 amide bonds. The molecule has 0 spiro atoms. The highest BCUT2D eigenvalue weighted by molar-refractivity contribution is 5.64. The molecule has 0 unspecified atom stereocenters. The van der Waals surface area contributed by atoms with Gasteiger partial charge >= 0.3 is 0 Å². The summed E-state index contributed by atoms with van der Waals surface area (Å²) in [5, 5.41) is 8.82. The summed E-state index contributed by atoms with van der Waals surface area (Å²) >= 11 is 0. The maximum absolute atomic E-state index is 4.47. The van der Waals surface area contributed by atoms with Crippen molar-refractivity contribution < 1.29 is 0 Å². The lowest BCUT2D eigenvalue weighted by molar-refractivity contribution is 1.20. The van der Waals surface area contributed by atoms with E-state index in [0.717, 1.165) is 23.4 Å². The molecule has 0 saturated carbocycles. The second-order valence-corrected chi connectivity index (χ2v) is 5.18. The van der Waals surface area contributed by atoms with Gasteiger partial charge in [0.1, 0.15) is 0 Å². The first-order valence-corrected chi connectivity index (χ1v) is 7.68. The molecular weight excluding hydrogens is 280 g/mol. The number of allylic oxidation sites excluding steroid dienone is 1. The fourth-order valence-corrected chi connectivity index (χ4v) is 2.26. The van der Waals surface area contributed by atoms with Crippen LogP contribution in [0.25, 0.3) is 5.70 Å². The summed E-state index contributed by atoms with van der Waals surface area (Å²) in [6.07, 6.45) is 2.95. The molecule has 0 bridgehead atoms. The van der Waals surface area contributed by atoms with E-state index in [9.17, 15) is 0 Å². The Kier molecular flexibility index (Phi) is 5.09. The molecule has 0 heterocycles. The van der Waals surface area contributed by atoms with E-state index in [4.69, 9.17) is 0 Å². The number of hydrogen-bond acceptors (Lipinski definition) is 2. The first-order chi connectivity index (χ1) is 11.4. The van der Waals surface area contributed by atoms with Gasteiger partial charge in [0.05, 0.1) is 11.4 Å². The van der Waals surface area contributed by atoms with Gasteiger partial charge in [-0.05, 0) is 24.1 Å². The van der Waals surface area contributed by atoms with Crippen LogP contribution in [0.5, 0.6) is 0 Å². The normalized spacial score (nSPS) is 11.7. The summed E-state index contributed by atoms with van der Waals surface area (Å²) < 4.78 is 0. The predicted molar refractivity (Wildman–Crippen MR) is 95.5 cm³/mol. The van der Waals surface area contributed by atoms with E-state index >= 15 is 0 Å². The van der Waals surface area contributed by atoms with Gasteiger partial charge < -0.3 is 0 Å². The molecule has 2 nitrogen and oxygen atoms in total. The minimum atomic E-state index is 0.832. The Morgan fingerprint density at radius 1 is 0.696 bits per heavy atom. The van der Waals surface area contributed by atoms with Crippen molar-refractivity contribution in [3.8, 4) is 0 Å². The van der Waals surface area contributed by atoms with Gasteiger partial charge in [0.25, 0.3) is 0 Å². The average Bonchev–Trinajstić information content (AvgIpc) is 2.64. The van der Waals surface area contributed by atoms with Crippen molar-refractivity contribution in [3.63, 3.8) is 0 Å². The fourth-order valence-electron chi connectivity index (χ4n) is 2.26. The highest BCUT2D eigenvalue weighted by atomic mass is 15.1. The number of azo groups is 1. The zero-order valence-electron chi connectivity index (χ0n) is 12.8. The van der Waals surface area contributed by atoms with Crippen LogP contribution in [0.4, 0.5) is 5.69 Å². The van der Waals surface area contributed by atoms with Crippen molar-refractivity contribution in [2.45, 2.75) is 6.42 Å². The molecule has 2 heteroatoms. The zero-order chi connectivity index (χ0) is 15.7. The standard InChI is InChI=1S/C21H18N2/c1-4-10-18(11-5-1)16-17-21(19-12-6-2-7-13-19)23-22-20-14-8-3-9-15-20/h1-15,17H,16H2. The summed E-state index contributed by atoms with van der Waals surface area (Å²) in [7, 11) is 0. The fraction of sp³-hybridized carbons (Fsp3) is 0.0476. The summed E-state index contributed by atoms with van der Waals surface area (Å²) in [5.74, 6) is 0. The van der Waals surface area contributed by atoms with Crippen LogP contribution in [0.2, 0.25) is 0 Å². The van der Waals surface area contributed by atoms with E-state index in [1.165, 1.54) is 5.56 Å². The van der Waals surface area contributed by atoms with Crippen LogP contribution >= 0.6 is 0 Å². The van der Waals surface area contributed by atoms with Gasteiger partial charge in [-0.1, -0.05) is 84.9 Å². The van der Waals surface area contributed by atoms with Crippen LogP contribution < -0.4 is 0 Å². The number of rotatable bonds is 5. The molecule has 0 N–H and O–H groups in total. The van der Waals surface area contributed by atoms with Gasteiger partial charge in [-0.3, -0.25) is 0 Å². The molecule has 0 atom stereocenters. The van der Waals surface area contributed by atoms with Crippen LogP contribution in [0, 0.1) is 0 Å². The summed E-state index contributed by atoms with van der Waals surface area (Å²) in [5.41, 5.74) is 4.08. The van der Waals surface area contributed by atoms with Crippen LogP contribution in [-0.2, 0) is 6.42 Å². The molecule has 0 saturated heterocycles. The lowest BCUT2D eigenvalue weighted by Crippen LogP contribution is -1.84.